The van der Waals surface area contributed by atoms with Gasteiger partial charge in [-0.1, -0.05) is 0 Å². The van der Waals surface area contributed by atoms with Crippen molar-refractivity contribution in [3.8, 4) is 0 Å². The molecule has 2 aliphatic rings. The van der Waals surface area contributed by atoms with Crippen LogP contribution in [0, 0.1) is 0 Å². The van der Waals surface area contributed by atoms with Gasteiger partial charge in [-0.3, -0.25) is 4.79 Å². The summed E-state index contributed by atoms with van der Waals surface area (Å²) in [6.07, 6.45) is 3.11. The Balaban J connectivity index is 2.02. The van der Waals surface area contributed by atoms with Gasteiger partial charge in [-0.25, -0.2) is 9.59 Å². The van der Waals surface area contributed by atoms with Crippen molar-refractivity contribution in [1.82, 2.24) is 9.80 Å². The topological polar surface area (TPSA) is 87.2 Å². The Hall–Kier alpha value is -1.79. The summed E-state index contributed by atoms with van der Waals surface area (Å²) in [5, 5.41) is 8.76. The molecule has 1 saturated carbocycles. The van der Waals surface area contributed by atoms with Gasteiger partial charge < -0.3 is 19.6 Å². The first-order valence-corrected chi connectivity index (χ1v) is 6.91. The van der Waals surface area contributed by atoms with E-state index in [1.807, 2.05) is 0 Å². The number of methoxy groups -OCH3 is 1. The molecule has 0 radical (unpaired) electrons. The molecule has 7 nitrogen and oxygen atoms in total. The minimum absolute atomic E-state index is 0.0705. The number of aliphatic carboxylic acids is 1. The largest absolute Gasteiger partial charge is 0.481 e. The van der Waals surface area contributed by atoms with Crippen LogP contribution in [0.5, 0.6) is 0 Å². The number of amides is 2. The molecular weight excluding hydrogens is 264 g/mol. The summed E-state index contributed by atoms with van der Waals surface area (Å²) >= 11 is 0. The fourth-order valence-electron chi connectivity index (χ4n) is 2.58. The maximum Gasteiger partial charge on any atom is 0.328 e. The van der Waals surface area contributed by atoms with Gasteiger partial charge in [0.15, 0.2) is 0 Å². The van der Waals surface area contributed by atoms with Gasteiger partial charge >= 0.3 is 18.0 Å². The van der Waals surface area contributed by atoms with Crippen molar-refractivity contribution in [2.75, 3.05) is 20.2 Å². The number of carbonyl (C=O) groups is 3. The van der Waals surface area contributed by atoms with Gasteiger partial charge in [-0.2, -0.15) is 0 Å². The number of carboxylic acid groups (broad SMARTS) is 1. The average molecular weight is 284 g/mol. The van der Waals surface area contributed by atoms with Crippen LogP contribution in [-0.2, 0) is 14.3 Å². The Morgan fingerprint density at radius 2 is 2.00 bits per heavy atom. The molecule has 1 atom stereocenters. The molecule has 1 aliphatic carbocycles. The first-order valence-electron chi connectivity index (χ1n) is 6.91. The summed E-state index contributed by atoms with van der Waals surface area (Å²) in [6, 6.07) is -0.638. The monoisotopic (exact) mass is 284 g/mol. The lowest BCUT2D eigenvalue weighted by Crippen LogP contribution is -2.49. The number of urea groups is 1. The number of esters is 1. The highest BCUT2D eigenvalue weighted by molar-refractivity contribution is 5.84. The Kier molecular flexibility index (Phi) is 4.46. The van der Waals surface area contributed by atoms with Gasteiger partial charge in [0, 0.05) is 19.1 Å². The van der Waals surface area contributed by atoms with Crippen LogP contribution >= 0.6 is 0 Å². The first-order chi connectivity index (χ1) is 9.54. The molecule has 0 aromatic rings. The SMILES string of the molecule is COC(=O)C1CCCN1C(=O)N(CCC(=O)O)C1CC1. The number of hydrogen-bond acceptors (Lipinski definition) is 4. The molecule has 2 amide bonds. The number of ether oxygens (including phenoxy) is 1. The zero-order valence-electron chi connectivity index (χ0n) is 11.6. The number of hydrogen-bond donors (Lipinski definition) is 1. The Morgan fingerprint density at radius 1 is 1.30 bits per heavy atom. The van der Waals surface area contributed by atoms with Crippen molar-refractivity contribution < 1.29 is 24.2 Å². The summed E-state index contributed by atoms with van der Waals surface area (Å²) in [7, 11) is 1.31. The van der Waals surface area contributed by atoms with Gasteiger partial charge in [0.1, 0.15) is 6.04 Å². The zero-order valence-corrected chi connectivity index (χ0v) is 11.6. The molecule has 1 N–H and O–H groups in total. The minimum Gasteiger partial charge on any atom is -0.481 e. The summed E-state index contributed by atoms with van der Waals surface area (Å²) < 4.78 is 4.72. The molecule has 2 fully saturated rings. The van der Waals surface area contributed by atoms with Crippen LogP contribution in [0.15, 0.2) is 0 Å². The molecule has 0 spiro atoms. The second-order valence-corrected chi connectivity index (χ2v) is 5.23. The lowest BCUT2D eigenvalue weighted by atomic mass is 10.2. The van der Waals surface area contributed by atoms with E-state index in [1.54, 1.807) is 4.90 Å². The van der Waals surface area contributed by atoms with Crippen LogP contribution in [0.1, 0.15) is 32.1 Å². The van der Waals surface area contributed by atoms with Crippen LogP contribution in [-0.4, -0.2) is 65.2 Å². The third-order valence-corrected chi connectivity index (χ3v) is 3.77. The minimum atomic E-state index is -0.922. The van der Waals surface area contributed by atoms with E-state index in [9.17, 15) is 14.4 Å². The molecule has 112 valence electrons. The molecule has 7 heteroatoms. The van der Waals surface area contributed by atoms with Crippen molar-refractivity contribution in [2.24, 2.45) is 0 Å². The molecule has 0 aromatic carbocycles. The fourth-order valence-corrected chi connectivity index (χ4v) is 2.58. The second-order valence-electron chi connectivity index (χ2n) is 5.23. The number of carbonyl (C=O) groups excluding carboxylic acids is 2. The highest BCUT2D eigenvalue weighted by atomic mass is 16.5. The van der Waals surface area contributed by atoms with E-state index < -0.39 is 18.0 Å². The van der Waals surface area contributed by atoms with Crippen molar-refractivity contribution >= 4 is 18.0 Å². The zero-order chi connectivity index (χ0) is 14.7. The molecular formula is C13H20N2O5. The van der Waals surface area contributed by atoms with E-state index in [0.717, 1.165) is 19.3 Å². The van der Waals surface area contributed by atoms with Gasteiger partial charge in [0.25, 0.3) is 0 Å². The smallest absolute Gasteiger partial charge is 0.328 e. The van der Waals surface area contributed by atoms with E-state index in [2.05, 4.69) is 0 Å². The van der Waals surface area contributed by atoms with Crippen molar-refractivity contribution in [2.45, 2.75) is 44.2 Å². The third-order valence-electron chi connectivity index (χ3n) is 3.77. The van der Waals surface area contributed by atoms with E-state index >= 15 is 0 Å². The molecule has 0 aromatic heterocycles. The number of carboxylic acids is 1. The molecule has 1 saturated heterocycles. The van der Waals surface area contributed by atoms with Crippen molar-refractivity contribution in [3.63, 3.8) is 0 Å². The quantitative estimate of drug-likeness (QED) is 0.750. The number of rotatable bonds is 5. The van der Waals surface area contributed by atoms with E-state index in [1.165, 1.54) is 12.0 Å². The standard InChI is InChI=1S/C13H20N2O5/c1-20-12(18)10-3-2-7-15(10)13(19)14(9-4-5-9)8-6-11(16)17/h9-10H,2-8H2,1H3,(H,16,17). The predicted molar refractivity (Wildman–Crippen MR) is 69.1 cm³/mol. The predicted octanol–water partition coefficient (Wildman–Crippen LogP) is 0.683. The average Bonchev–Trinajstić information content (AvgIpc) is 3.13. The summed E-state index contributed by atoms with van der Waals surface area (Å²) in [4.78, 5) is 38.0. The highest BCUT2D eigenvalue weighted by Crippen LogP contribution is 2.30. The van der Waals surface area contributed by atoms with Crippen LogP contribution in [0.3, 0.4) is 0 Å². The molecule has 1 aliphatic heterocycles. The molecule has 20 heavy (non-hydrogen) atoms. The van der Waals surface area contributed by atoms with Crippen LogP contribution in [0.2, 0.25) is 0 Å². The van der Waals surface area contributed by atoms with Crippen molar-refractivity contribution in [3.05, 3.63) is 0 Å². The lowest BCUT2D eigenvalue weighted by molar-refractivity contribution is -0.145. The third kappa shape index (κ3) is 3.20. The maximum atomic E-state index is 12.5. The maximum absolute atomic E-state index is 12.5. The fraction of sp³-hybridized carbons (Fsp3) is 0.769. The van der Waals surface area contributed by atoms with Gasteiger partial charge in [-0.15, -0.1) is 0 Å². The molecule has 1 heterocycles. The van der Waals surface area contributed by atoms with Gasteiger partial charge in [0.05, 0.1) is 13.5 Å². The number of likely N-dealkylation sites (tertiary alicyclic amines) is 1. The summed E-state index contributed by atoms with van der Waals surface area (Å²) in [5.41, 5.74) is 0. The molecule has 1 unspecified atom stereocenters. The Labute approximate surface area is 117 Å². The molecule has 2 rings (SSSR count). The van der Waals surface area contributed by atoms with Gasteiger partial charge in [0.2, 0.25) is 0 Å². The molecule has 0 bridgehead atoms. The summed E-state index contributed by atoms with van der Waals surface area (Å²) in [5.74, 6) is -1.32. The van der Waals surface area contributed by atoms with E-state index in [4.69, 9.17) is 9.84 Å². The van der Waals surface area contributed by atoms with E-state index in [0.29, 0.717) is 13.0 Å². The summed E-state index contributed by atoms with van der Waals surface area (Å²) in [6.45, 7) is 0.720. The van der Waals surface area contributed by atoms with Crippen molar-refractivity contribution in [1.29, 1.82) is 0 Å². The Morgan fingerprint density at radius 3 is 2.55 bits per heavy atom. The van der Waals surface area contributed by atoms with Crippen LogP contribution < -0.4 is 0 Å². The second kappa shape index (κ2) is 6.11. The Bertz CT molecular complexity index is 408. The lowest BCUT2D eigenvalue weighted by Gasteiger charge is -2.30. The van der Waals surface area contributed by atoms with Gasteiger partial charge in [-0.05, 0) is 25.7 Å². The first kappa shape index (κ1) is 14.6. The van der Waals surface area contributed by atoms with E-state index in [-0.39, 0.29) is 25.0 Å². The number of nitrogens with zero attached hydrogens (tertiary/aromatic N) is 2. The van der Waals surface area contributed by atoms with Crippen LogP contribution in [0.25, 0.3) is 0 Å². The van der Waals surface area contributed by atoms with Crippen LogP contribution in [0.4, 0.5) is 4.79 Å². The normalized spacial score (nSPS) is 21.6. The highest BCUT2D eigenvalue weighted by Gasteiger charge is 2.41.